The van der Waals surface area contributed by atoms with Crippen LogP contribution in [0.1, 0.15) is 39.6 Å². The van der Waals surface area contributed by atoms with E-state index in [9.17, 15) is 19.2 Å². The lowest BCUT2D eigenvalue weighted by atomic mass is 10.1. The molecule has 2 aromatic rings. The summed E-state index contributed by atoms with van der Waals surface area (Å²) in [6, 6.07) is 10.0. The highest BCUT2D eigenvalue weighted by Gasteiger charge is 2.39. The molecule has 1 heterocycles. The summed E-state index contributed by atoms with van der Waals surface area (Å²) in [5.74, 6) is -1.95. The van der Waals surface area contributed by atoms with Crippen LogP contribution in [-0.2, 0) is 9.59 Å². The number of Topliss-reactive ketones (excluding diaryl/α,β-unsaturated/α-hetero) is 1. The molecule has 1 fully saturated rings. The molecule has 1 saturated heterocycles. The number of aryl methyl sites for hydroxylation is 1. The van der Waals surface area contributed by atoms with E-state index < -0.39 is 17.9 Å². The van der Waals surface area contributed by atoms with Gasteiger partial charge in [0.05, 0.1) is 17.7 Å². The number of amides is 2. The van der Waals surface area contributed by atoms with Crippen LogP contribution < -0.4 is 10.2 Å². The number of imide groups is 1. The summed E-state index contributed by atoms with van der Waals surface area (Å²) in [4.78, 5) is 48.7. The summed E-state index contributed by atoms with van der Waals surface area (Å²) in [6.45, 7) is 3.22. The first-order valence-electron chi connectivity index (χ1n) is 8.36. The number of anilines is 2. The van der Waals surface area contributed by atoms with Crippen LogP contribution in [0.5, 0.6) is 0 Å². The Morgan fingerprint density at radius 2 is 1.70 bits per heavy atom. The fourth-order valence-electron chi connectivity index (χ4n) is 2.96. The van der Waals surface area contributed by atoms with Gasteiger partial charge >= 0.3 is 5.97 Å². The average molecular weight is 366 g/mol. The van der Waals surface area contributed by atoms with Gasteiger partial charge in [0.1, 0.15) is 6.04 Å². The Balaban J connectivity index is 1.83. The third-order valence-corrected chi connectivity index (χ3v) is 4.49. The molecule has 1 atom stereocenters. The standard InChI is InChI=1S/C20H18N2O5/c1-11-3-4-14(20(26)27)9-16(11)21-17-10-18(24)22(19(17)25)15-7-5-13(6-8-15)12(2)23/h3-9,17,21H,10H2,1-2H3,(H,26,27). The van der Waals surface area contributed by atoms with Gasteiger partial charge in [-0.3, -0.25) is 14.4 Å². The first-order chi connectivity index (χ1) is 12.8. The van der Waals surface area contributed by atoms with Crippen molar-refractivity contribution in [2.24, 2.45) is 0 Å². The second-order valence-electron chi connectivity index (χ2n) is 6.41. The van der Waals surface area contributed by atoms with Crippen molar-refractivity contribution < 1.29 is 24.3 Å². The molecule has 0 aromatic heterocycles. The molecule has 1 aliphatic heterocycles. The maximum atomic E-state index is 12.7. The number of benzene rings is 2. The van der Waals surface area contributed by atoms with Crippen molar-refractivity contribution in [1.82, 2.24) is 0 Å². The Hall–Kier alpha value is -3.48. The van der Waals surface area contributed by atoms with Crippen molar-refractivity contribution in [3.8, 4) is 0 Å². The minimum Gasteiger partial charge on any atom is -0.478 e. The van der Waals surface area contributed by atoms with Gasteiger partial charge in [-0.15, -0.1) is 0 Å². The zero-order valence-electron chi connectivity index (χ0n) is 14.9. The highest BCUT2D eigenvalue weighted by Crippen LogP contribution is 2.27. The smallest absolute Gasteiger partial charge is 0.335 e. The van der Waals surface area contributed by atoms with E-state index in [-0.39, 0.29) is 23.7 Å². The lowest BCUT2D eigenvalue weighted by Crippen LogP contribution is -2.35. The van der Waals surface area contributed by atoms with Crippen LogP contribution in [0.15, 0.2) is 42.5 Å². The van der Waals surface area contributed by atoms with Crippen LogP contribution in [0.3, 0.4) is 0 Å². The highest BCUT2D eigenvalue weighted by molar-refractivity contribution is 6.23. The van der Waals surface area contributed by atoms with Gasteiger partial charge in [-0.1, -0.05) is 6.07 Å². The molecule has 7 nitrogen and oxygen atoms in total. The molecule has 2 aromatic carbocycles. The van der Waals surface area contributed by atoms with Crippen molar-refractivity contribution in [2.45, 2.75) is 26.3 Å². The Morgan fingerprint density at radius 1 is 1.07 bits per heavy atom. The maximum Gasteiger partial charge on any atom is 0.335 e. The average Bonchev–Trinajstić information content (AvgIpc) is 2.90. The van der Waals surface area contributed by atoms with E-state index in [1.54, 1.807) is 37.3 Å². The molecule has 2 amide bonds. The number of carboxylic acids is 1. The molecule has 0 saturated carbocycles. The van der Waals surface area contributed by atoms with Crippen molar-refractivity contribution in [2.75, 3.05) is 10.2 Å². The first-order valence-corrected chi connectivity index (χ1v) is 8.36. The zero-order valence-corrected chi connectivity index (χ0v) is 14.9. The second kappa shape index (κ2) is 7.03. The predicted molar refractivity (Wildman–Crippen MR) is 99.1 cm³/mol. The molecular formula is C20H18N2O5. The summed E-state index contributed by atoms with van der Waals surface area (Å²) in [5.41, 5.74) is 2.25. The molecule has 0 spiro atoms. The maximum absolute atomic E-state index is 12.7. The van der Waals surface area contributed by atoms with E-state index in [1.165, 1.54) is 19.1 Å². The summed E-state index contributed by atoms with van der Waals surface area (Å²) in [5, 5.41) is 12.1. The van der Waals surface area contributed by atoms with Crippen LogP contribution in [0.4, 0.5) is 11.4 Å². The summed E-state index contributed by atoms with van der Waals surface area (Å²) in [7, 11) is 0. The van der Waals surface area contributed by atoms with Crippen LogP contribution in [-0.4, -0.2) is 34.7 Å². The minimum absolute atomic E-state index is 0.0377. The third-order valence-electron chi connectivity index (χ3n) is 4.49. The van der Waals surface area contributed by atoms with E-state index in [2.05, 4.69) is 5.32 Å². The van der Waals surface area contributed by atoms with Gasteiger partial charge in [0.25, 0.3) is 5.91 Å². The minimum atomic E-state index is -1.07. The number of rotatable bonds is 5. The van der Waals surface area contributed by atoms with Gasteiger partial charge in [-0.05, 0) is 55.8 Å². The van der Waals surface area contributed by atoms with E-state index in [4.69, 9.17) is 5.11 Å². The number of carboxylic acid groups (broad SMARTS) is 1. The van der Waals surface area contributed by atoms with Crippen molar-refractivity contribution >= 4 is 34.9 Å². The topological polar surface area (TPSA) is 104 Å². The Morgan fingerprint density at radius 3 is 2.30 bits per heavy atom. The monoisotopic (exact) mass is 366 g/mol. The van der Waals surface area contributed by atoms with E-state index in [0.717, 1.165) is 10.5 Å². The molecule has 138 valence electrons. The van der Waals surface area contributed by atoms with Gasteiger partial charge in [-0.2, -0.15) is 0 Å². The molecule has 0 radical (unpaired) electrons. The number of aromatic carboxylic acids is 1. The van der Waals surface area contributed by atoms with Gasteiger partial charge in [0.2, 0.25) is 5.91 Å². The summed E-state index contributed by atoms with van der Waals surface area (Å²) >= 11 is 0. The fraction of sp³-hybridized carbons (Fsp3) is 0.200. The fourth-order valence-corrected chi connectivity index (χ4v) is 2.96. The Labute approximate surface area is 155 Å². The quantitative estimate of drug-likeness (QED) is 0.623. The van der Waals surface area contributed by atoms with Gasteiger partial charge in [0.15, 0.2) is 5.78 Å². The number of carbonyl (C=O) groups is 4. The normalized spacial score (nSPS) is 16.5. The van der Waals surface area contributed by atoms with Gasteiger partial charge in [-0.25, -0.2) is 9.69 Å². The number of hydrogen-bond acceptors (Lipinski definition) is 5. The molecule has 2 N–H and O–H groups in total. The molecule has 0 aliphatic carbocycles. The molecular weight excluding hydrogens is 348 g/mol. The summed E-state index contributed by atoms with van der Waals surface area (Å²) in [6.07, 6.45) is -0.0377. The molecule has 1 unspecified atom stereocenters. The Kier molecular flexibility index (Phi) is 4.77. The molecule has 3 rings (SSSR count). The highest BCUT2D eigenvalue weighted by atomic mass is 16.4. The molecule has 7 heteroatoms. The van der Waals surface area contributed by atoms with Crippen molar-refractivity contribution in [3.05, 3.63) is 59.2 Å². The lowest BCUT2D eigenvalue weighted by molar-refractivity contribution is -0.121. The third kappa shape index (κ3) is 3.57. The Bertz CT molecular complexity index is 949. The zero-order chi connectivity index (χ0) is 19.7. The van der Waals surface area contributed by atoms with Crippen LogP contribution >= 0.6 is 0 Å². The second-order valence-corrected chi connectivity index (χ2v) is 6.41. The number of hydrogen-bond donors (Lipinski definition) is 2. The lowest BCUT2D eigenvalue weighted by Gasteiger charge is -2.17. The predicted octanol–water partition coefficient (Wildman–Crippen LogP) is 2.64. The first kappa shape index (κ1) is 18.3. The largest absolute Gasteiger partial charge is 0.478 e. The van der Waals surface area contributed by atoms with E-state index in [1.807, 2.05) is 0 Å². The van der Waals surface area contributed by atoms with Crippen molar-refractivity contribution in [1.29, 1.82) is 0 Å². The van der Waals surface area contributed by atoms with E-state index >= 15 is 0 Å². The SMILES string of the molecule is CC(=O)c1ccc(N2C(=O)CC(Nc3cc(C(=O)O)ccc3C)C2=O)cc1. The van der Waals surface area contributed by atoms with Crippen LogP contribution in [0.25, 0.3) is 0 Å². The van der Waals surface area contributed by atoms with Crippen molar-refractivity contribution in [3.63, 3.8) is 0 Å². The number of carbonyl (C=O) groups excluding carboxylic acids is 3. The molecule has 0 bridgehead atoms. The van der Waals surface area contributed by atoms with E-state index in [0.29, 0.717) is 16.9 Å². The summed E-state index contributed by atoms with van der Waals surface area (Å²) < 4.78 is 0. The number of ketones is 1. The van der Waals surface area contributed by atoms with Crippen LogP contribution in [0.2, 0.25) is 0 Å². The number of nitrogens with zero attached hydrogens (tertiary/aromatic N) is 1. The van der Waals surface area contributed by atoms with Gasteiger partial charge < -0.3 is 10.4 Å². The molecule has 1 aliphatic rings. The van der Waals surface area contributed by atoms with Gasteiger partial charge in [0, 0.05) is 11.3 Å². The van der Waals surface area contributed by atoms with Crippen LogP contribution in [0, 0.1) is 6.92 Å². The molecule has 27 heavy (non-hydrogen) atoms. The number of nitrogens with one attached hydrogen (secondary N) is 1.